The molecule has 0 atom stereocenters. The second-order valence-corrected chi connectivity index (χ2v) is 7.50. The third-order valence-electron chi connectivity index (χ3n) is 5.11. The Morgan fingerprint density at radius 1 is 0.903 bits per heavy atom. The molecule has 3 aromatic rings. The lowest BCUT2D eigenvalue weighted by Crippen LogP contribution is -2.50. The molecule has 1 saturated heterocycles. The molecule has 7 nitrogen and oxygen atoms in total. The summed E-state index contributed by atoms with van der Waals surface area (Å²) in [5.74, 6) is 3.40. The first kappa shape index (κ1) is 20.7. The van der Waals surface area contributed by atoms with Crippen LogP contribution < -0.4 is 14.4 Å². The van der Waals surface area contributed by atoms with Crippen LogP contribution in [0.3, 0.4) is 0 Å². The molecule has 2 heterocycles. The standard InChI is InChI=1S/C24H26N4O3/c1-18-8-10-20(11-9-18)30-17-24(29)28-14-12-27(13-15-28)22-16-23(26-19(2)25-22)31-21-6-4-3-5-7-21/h3-11,16H,12-15,17H2,1-2H3. The van der Waals surface area contributed by atoms with E-state index in [1.807, 2.05) is 79.4 Å². The van der Waals surface area contributed by atoms with Gasteiger partial charge in [0.15, 0.2) is 6.61 Å². The average Bonchev–Trinajstić information content (AvgIpc) is 2.79. The number of rotatable bonds is 6. The molecule has 1 aliphatic rings. The number of nitrogens with zero attached hydrogens (tertiary/aromatic N) is 4. The topological polar surface area (TPSA) is 67.8 Å². The van der Waals surface area contributed by atoms with Crippen LogP contribution in [0.25, 0.3) is 0 Å². The van der Waals surface area contributed by atoms with Crippen molar-refractivity contribution in [3.63, 3.8) is 0 Å². The van der Waals surface area contributed by atoms with E-state index in [0.29, 0.717) is 43.6 Å². The van der Waals surface area contributed by atoms with Gasteiger partial charge in [-0.05, 0) is 38.1 Å². The van der Waals surface area contributed by atoms with Gasteiger partial charge in [0.1, 0.15) is 23.1 Å². The molecule has 0 N–H and O–H groups in total. The number of carbonyl (C=O) groups excluding carboxylic acids is 1. The van der Waals surface area contributed by atoms with Gasteiger partial charge < -0.3 is 19.3 Å². The summed E-state index contributed by atoms with van der Waals surface area (Å²) >= 11 is 0. The Labute approximate surface area is 182 Å². The zero-order chi connectivity index (χ0) is 21.6. The number of carbonyl (C=O) groups is 1. The van der Waals surface area contributed by atoms with Gasteiger partial charge in [0.05, 0.1) is 0 Å². The first-order chi connectivity index (χ1) is 15.1. The molecule has 0 spiro atoms. The maximum Gasteiger partial charge on any atom is 0.260 e. The SMILES string of the molecule is Cc1ccc(OCC(=O)N2CCN(c3cc(Oc4ccccc4)nc(C)n3)CC2)cc1. The largest absolute Gasteiger partial charge is 0.484 e. The summed E-state index contributed by atoms with van der Waals surface area (Å²) < 4.78 is 11.5. The molecule has 31 heavy (non-hydrogen) atoms. The molecule has 0 unspecified atom stereocenters. The summed E-state index contributed by atoms with van der Waals surface area (Å²) in [6.07, 6.45) is 0. The predicted octanol–water partition coefficient (Wildman–Crippen LogP) is 3.61. The zero-order valence-corrected chi connectivity index (χ0v) is 17.8. The number of para-hydroxylation sites is 1. The minimum Gasteiger partial charge on any atom is -0.484 e. The van der Waals surface area contributed by atoms with Crippen molar-refractivity contribution in [2.45, 2.75) is 13.8 Å². The maximum atomic E-state index is 12.5. The highest BCUT2D eigenvalue weighted by molar-refractivity contribution is 5.78. The maximum absolute atomic E-state index is 12.5. The highest BCUT2D eigenvalue weighted by atomic mass is 16.5. The van der Waals surface area contributed by atoms with Crippen LogP contribution in [-0.4, -0.2) is 53.6 Å². The first-order valence-electron chi connectivity index (χ1n) is 10.4. The summed E-state index contributed by atoms with van der Waals surface area (Å²) in [6, 6.07) is 19.1. The van der Waals surface area contributed by atoms with E-state index < -0.39 is 0 Å². The van der Waals surface area contributed by atoms with Crippen LogP contribution in [0.4, 0.5) is 5.82 Å². The number of aryl methyl sites for hydroxylation is 2. The van der Waals surface area contributed by atoms with Crippen molar-refractivity contribution >= 4 is 11.7 Å². The smallest absolute Gasteiger partial charge is 0.260 e. The fourth-order valence-electron chi connectivity index (χ4n) is 3.40. The van der Waals surface area contributed by atoms with Crippen molar-refractivity contribution < 1.29 is 14.3 Å². The Hall–Kier alpha value is -3.61. The van der Waals surface area contributed by atoms with Gasteiger partial charge in [-0.3, -0.25) is 4.79 Å². The molecule has 2 aromatic carbocycles. The van der Waals surface area contributed by atoms with Gasteiger partial charge in [-0.25, -0.2) is 4.98 Å². The quantitative estimate of drug-likeness (QED) is 0.609. The molecule has 1 aromatic heterocycles. The van der Waals surface area contributed by atoms with Crippen LogP contribution in [0, 0.1) is 13.8 Å². The lowest BCUT2D eigenvalue weighted by molar-refractivity contribution is -0.133. The van der Waals surface area contributed by atoms with Crippen molar-refractivity contribution in [1.82, 2.24) is 14.9 Å². The van der Waals surface area contributed by atoms with Crippen molar-refractivity contribution in [2.24, 2.45) is 0 Å². The molecule has 4 rings (SSSR count). The van der Waals surface area contributed by atoms with E-state index >= 15 is 0 Å². The van der Waals surface area contributed by atoms with Gasteiger partial charge >= 0.3 is 0 Å². The van der Waals surface area contributed by atoms with Crippen LogP contribution in [0.15, 0.2) is 60.7 Å². The summed E-state index contributed by atoms with van der Waals surface area (Å²) in [7, 11) is 0. The summed E-state index contributed by atoms with van der Waals surface area (Å²) in [4.78, 5) is 25.5. The van der Waals surface area contributed by atoms with Crippen molar-refractivity contribution in [3.05, 3.63) is 72.1 Å². The summed E-state index contributed by atoms with van der Waals surface area (Å²) in [6.45, 7) is 6.54. The third-order valence-corrected chi connectivity index (χ3v) is 5.11. The van der Waals surface area contributed by atoms with Gasteiger partial charge in [-0.15, -0.1) is 0 Å². The number of aromatic nitrogens is 2. The number of piperazine rings is 1. The van der Waals surface area contributed by atoms with E-state index in [-0.39, 0.29) is 12.5 Å². The molecule has 0 radical (unpaired) electrons. The van der Waals surface area contributed by atoms with Crippen LogP contribution >= 0.6 is 0 Å². The monoisotopic (exact) mass is 418 g/mol. The molecule has 0 aliphatic carbocycles. The van der Waals surface area contributed by atoms with Gasteiger partial charge in [0.2, 0.25) is 5.88 Å². The Bertz CT molecular complexity index is 1020. The highest BCUT2D eigenvalue weighted by Crippen LogP contribution is 2.24. The second-order valence-electron chi connectivity index (χ2n) is 7.50. The molecule has 0 bridgehead atoms. The summed E-state index contributed by atoms with van der Waals surface area (Å²) in [5, 5.41) is 0. The van der Waals surface area contributed by atoms with Crippen molar-refractivity contribution in [2.75, 3.05) is 37.7 Å². The molecule has 1 amide bonds. The Morgan fingerprint density at radius 3 is 2.32 bits per heavy atom. The minimum absolute atomic E-state index is 0.00723. The fourth-order valence-corrected chi connectivity index (χ4v) is 3.40. The van der Waals surface area contributed by atoms with Crippen LogP contribution in [0.1, 0.15) is 11.4 Å². The number of amides is 1. The van der Waals surface area contributed by atoms with Crippen LogP contribution in [-0.2, 0) is 4.79 Å². The Kier molecular flexibility index (Phi) is 6.31. The zero-order valence-electron chi connectivity index (χ0n) is 17.8. The van der Waals surface area contributed by atoms with Crippen molar-refractivity contribution in [1.29, 1.82) is 0 Å². The van der Waals surface area contributed by atoms with Gasteiger partial charge in [0.25, 0.3) is 5.91 Å². The van der Waals surface area contributed by atoms with Gasteiger partial charge in [-0.1, -0.05) is 35.9 Å². The molecular formula is C24H26N4O3. The molecule has 1 fully saturated rings. The van der Waals surface area contributed by atoms with E-state index in [1.165, 1.54) is 0 Å². The molecule has 1 aliphatic heterocycles. The normalized spacial score (nSPS) is 13.7. The van der Waals surface area contributed by atoms with E-state index in [4.69, 9.17) is 9.47 Å². The first-order valence-corrected chi connectivity index (χ1v) is 10.4. The molecule has 0 saturated carbocycles. The highest BCUT2D eigenvalue weighted by Gasteiger charge is 2.23. The van der Waals surface area contributed by atoms with E-state index in [2.05, 4.69) is 14.9 Å². The van der Waals surface area contributed by atoms with Crippen molar-refractivity contribution in [3.8, 4) is 17.4 Å². The minimum atomic E-state index is -0.00723. The van der Waals surface area contributed by atoms with Gasteiger partial charge in [0, 0.05) is 32.2 Å². The van der Waals surface area contributed by atoms with Crippen LogP contribution in [0.5, 0.6) is 17.4 Å². The number of ether oxygens (including phenoxy) is 2. The van der Waals surface area contributed by atoms with Crippen LogP contribution in [0.2, 0.25) is 0 Å². The lowest BCUT2D eigenvalue weighted by atomic mass is 10.2. The van der Waals surface area contributed by atoms with E-state index in [1.54, 1.807) is 0 Å². The van der Waals surface area contributed by atoms with Gasteiger partial charge in [-0.2, -0.15) is 4.98 Å². The fraction of sp³-hybridized carbons (Fsp3) is 0.292. The number of hydrogen-bond acceptors (Lipinski definition) is 6. The third kappa shape index (κ3) is 5.51. The Balaban J connectivity index is 1.32. The molecule has 7 heteroatoms. The molecular weight excluding hydrogens is 392 g/mol. The number of benzene rings is 2. The second kappa shape index (κ2) is 9.47. The summed E-state index contributed by atoms with van der Waals surface area (Å²) in [5.41, 5.74) is 1.16. The van der Waals surface area contributed by atoms with E-state index in [0.717, 1.165) is 17.1 Å². The number of hydrogen-bond donors (Lipinski definition) is 0. The van der Waals surface area contributed by atoms with E-state index in [9.17, 15) is 4.79 Å². The average molecular weight is 418 g/mol. The lowest BCUT2D eigenvalue weighted by Gasteiger charge is -2.35. The Morgan fingerprint density at radius 2 is 1.61 bits per heavy atom. The molecule has 160 valence electrons. The predicted molar refractivity (Wildman–Crippen MR) is 119 cm³/mol. The number of anilines is 1.